The minimum absolute atomic E-state index is 0.0484. The van der Waals surface area contributed by atoms with Crippen molar-refractivity contribution < 1.29 is 24.6 Å². The lowest BCUT2D eigenvalue weighted by molar-refractivity contribution is -0.921. The molecule has 11 nitrogen and oxygen atoms in total. The largest absolute Gasteiger partial charge is 0.859 e. The highest BCUT2D eigenvalue weighted by Crippen LogP contribution is 2.39. The molecule has 0 radical (unpaired) electrons. The first-order chi connectivity index (χ1) is 23.1. The maximum atomic E-state index is 14.6. The number of para-hydroxylation sites is 2. The highest BCUT2D eigenvalue weighted by atomic mass is 32.1. The van der Waals surface area contributed by atoms with E-state index in [1.807, 2.05) is 44.2 Å². The molecule has 3 aromatic carbocycles. The van der Waals surface area contributed by atoms with Crippen molar-refractivity contribution in [3.8, 4) is 28.9 Å². The second-order valence-electron chi connectivity index (χ2n) is 11.8. The van der Waals surface area contributed by atoms with Gasteiger partial charge < -0.3 is 29.2 Å². The maximum absolute atomic E-state index is 14.6. The van der Waals surface area contributed by atoms with Crippen molar-refractivity contribution in [2.24, 2.45) is 0 Å². The Labute approximate surface area is 286 Å². The molecular weight excluding hydrogens is 651 g/mol. The number of aryl methyl sites for hydroxylation is 2. The molecule has 1 aliphatic rings. The number of aromatic amines is 2. The minimum Gasteiger partial charge on any atom is -0.859 e. The van der Waals surface area contributed by atoms with Crippen LogP contribution in [0.2, 0.25) is 0 Å². The fraction of sp³-hybridized carbons (Fsp3) is 0.257. The first-order valence-corrected chi connectivity index (χ1v) is 16.3. The lowest BCUT2D eigenvalue weighted by Gasteiger charge is -2.29. The second-order valence-corrected chi connectivity index (χ2v) is 12.5. The molecule has 0 bridgehead atoms. The summed E-state index contributed by atoms with van der Waals surface area (Å²) in [5.41, 5.74) is 1.70. The number of nitrogens with one attached hydrogen (secondary N) is 3. The van der Waals surface area contributed by atoms with Gasteiger partial charge in [-0.2, -0.15) is 0 Å². The Kier molecular flexibility index (Phi) is 9.47. The van der Waals surface area contributed by atoms with Crippen LogP contribution < -0.4 is 25.9 Å². The topological polar surface area (TPSA) is 142 Å². The molecule has 1 saturated heterocycles. The van der Waals surface area contributed by atoms with Crippen LogP contribution in [0.4, 0.5) is 0 Å². The van der Waals surface area contributed by atoms with Crippen LogP contribution in [0, 0.1) is 23.4 Å². The first-order valence-electron chi connectivity index (χ1n) is 15.4. The van der Waals surface area contributed by atoms with E-state index >= 15 is 0 Å². The number of benzene rings is 3. The fourth-order valence-electron chi connectivity index (χ4n) is 6.35. The predicted octanol–water partition coefficient (Wildman–Crippen LogP) is 3.10. The Morgan fingerprint density at radius 2 is 1.46 bits per heavy atom. The molecule has 248 valence electrons. The summed E-state index contributed by atoms with van der Waals surface area (Å²) >= 11 is 11.0. The summed E-state index contributed by atoms with van der Waals surface area (Å²) in [5, 5.41) is 26.6. The molecular formula is C35H35N5O6S2. The van der Waals surface area contributed by atoms with E-state index in [0.29, 0.717) is 42.4 Å². The number of hydrogen-bond acceptors (Lipinski definition) is 8. The lowest BCUT2D eigenvalue weighted by atomic mass is 9.85. The maximum Gasteiger partial charge on any atom is 0.259 e. The number of methoxy groups -OCH3 is 1. The van der Waals surface area contributed by atoms with Gasteiger partial charge in [-0.25, -0.2) is 0 Å². The standard InChI is InChI=1S/C35H35N5O6S2/c1-20-8-4-6-10-24(20)39-32(43)28(30(41)36-34(39)47)27(22-12-13-26(45-3)23(18-22)19-38-14-16-46-17-15-38)29-31(42)37-35(48)40(33(29)44)25-11-7-5-9-21(25)2/h4-13,18,27,43-44H,14-17,19H2,1-3H3,(H,36,41,47)(H,37,42,48). The van der Waals surface area contributed by atoms with E-state index in [0.717, 1.165) is 29.8 Å². The summed E-state index contributed by atoms with van der Waals surface area (Å²) in [4.78, 5) is 34.5. The summed E-state index contributed by atoms with van der Waals surface area (Å²) in [6.07, 6.45) is 0. The zero-order valence-electron chi connectivity index (χ0n) is 26.7. The Morgan fingerprint density at radius 3 is 2.06 bits per heavy atom. The first kappa shape index (κ1) is 33.1. The van der Waals surface area contributed by atoms with E-state index in [9.17, 15) is 19.8 Å². The van der Waals surface area contributed by atoms with Crippen LogP contribution in [0.15, 0.2) is 76.3 Å². The van der Waals surface area contributed by atoms with Crippen molar-refractivity contribution in [2.45, 2.75) is 26.3 Å². The van der Waals surface area contributed by atoms with Crippen molar-refractivity contribution in [3.63, 3.8) is 0 Å². The van der Waals surface area contributed by atoms with Gasteiger partial charge in [-0.15, -0.1) is 0 Å². The van der Waals surface area contributed by atoms with Crippen molar-refractivity contribution in [2.75, 3.05) is 33.4 Å². The predicted molar refractivity (Wildman–Crippen MR) is 184 cm³/mol. The van der Waals surface area contributed by atoms with Gasteiger partial charge in [0.15, 0.2) is 9.54 Å². The van der Waals surface area contributed by atoms with Crippen LogP contribution >= 0.6 is 24.4 Å². The van der Waals surface area contributed by atoms with E-state index in [4.69, 9.17) is 33.9 Å². The molecule has 6 rings (SSSR count). The van der Waals surface area contributed by atoms with Gasteiger partial charge >= 0.3 is 0 Å². The zero-order valence-corrected chi connectivity index (χ0v) is 28.3. The normalized spacial score (nSPS) is 14.1. The van der Waals surface area contributed by atoms with Crippen molar-refractivity contribution in [1.29, 1.82) is 0 Å². The van der Waals surface area contributed by atoms with E-state index in [1.54, 1.807) is 43.5 Å². The average molecular weight is 686 g/mol. The fourth-order valence-corrected chi connectivity index (χ4v) is 6.91. The number of H-pyrrole nitrogens is 2. The molecule has 0 spiro atoms. The van der Waals surface area contributed by atoms with Gasteiger partial charge in [0.05, 0.1) is 37.5 Å². The zero-order chi connectivity index (χ0) is 34.1. The second kappa shape index (κ2) is 13.7. The van der Waals surface area contributed by atoms with E-state index in [1.165, 1.54) is 14.0 Å². The highest BCUT2D eigenvalue weighted by Gasteiger charge is 2.31. The minimum atomic E-state index is -1.34. The molecule has 1 atom stereocenters. The van der Waals surface area contributed by atoms with Crippen molar-refractivity contribution >= 4 is 24.4 Å². The Balaban J connectivity index is 1.68. The molecule has 3 heterocycles. The van der Waals surface area contributed by atoms with Crippen molar-refractivity contribution in [3.05, 3.63) is 130 Å². The summed E-state index contributed by atoms with van der Waals surface area (Å²) in [7, 11) is 1.57. The Hall–Kier alpha value is -4.82. The summed E-state index contributed by atoms with van der Waals surface area (Å²) in [5.74, 6) is -1.95. The van der Waals surface area contributed by atoms with E-state index < -0.39 is 28.8 Å². The van der Waals surface area contributed by atoms with Crippen molar-refractivity contribution in [1.82, 2.24) is 19.1 Å². The quantitative estimate of drug-likeness (QED) is 0.183. The molecule has 1 fully saturated rings. The van der Waals surface area contributed by atoms with Gasteiger partial charge in [-0.05, 0) is 85.1 Å². The highest BCUT2D eigenvalue weighted by molar-refractivity contribution is 7.71. The molecule has 1 aliphatic heterocycles. The molecule has 1 unspecified atom stereocenters. The van der Waals surface area contributed by atoms with Crippen LogP contribution in [0.5, 0.6) is 17.5 Å². The average Bonchev–Trinajstić information content (AvgIpc) is 3.06. The molecule has 48 heavy (non-hydrogen) atoms. The molecule has 0 aliphatic carbocycles. The molecule has 5 aromatic rings. The number of quaternary nitrogens is 1. The van der Waals surface area contributed by atoms with Gasteiger partial charge in [0, 0.05) is 16.8 Å². The summed E-state index contributed by atoms with van der Waals surface area (Å²) in [6.45, 7) is 7.05. The number of aromatic hydroxyl groups is 1. The van der Waals surface area contributed by atoms with Crippen LogP contribution in [0.1, 0.15) is 39.3 Å². The van der Waals surface area contributed by atoms with E-state index in [-0.39, 0.29) is 20.7 Å². The Bertz CT molecular complexity index is 2130. The van der Waals surface area contributed by atoms with Gasteiger partial charge in [0.1, 0.15) is 25.4 Å². The number of rotatable bonds is 8. The molecule has 0 amide bonds. The van der Waals surface area contributed by atoms with Crippen LogP contribution in [0.25, 0.3) is 11.4 Å². The molecule has 0 saturated carbocycles. The third-order valence-corrected chi connectivity index (χ3v) is 9.36. The van der Waals surface area contributed by atoms with Gasteiger partial charge in [-0.1, -0.05) is 42.5 Å². The lowest BCUT2D eigenvalue weighted by Crippen LogP contribution is -3.12. The molecule has 13 heteroatoms. The third kappa shape index (κ3) is 6.13. The Morgan fingerprint density at radius 1 is 0.896 bits per heavy atom. The molecule has 2 aromatic heterocycles. The van der Waals surface area contributed by atoms with Gasteiger partial charge in [-0.3, -0.25) is 24.1 Å². The third-order valence-electron chi connectivity index (χ3n) is 8.79. The number of ether oxygens (including phenoxy) is 2. The van der Waals surface area contributed by atoms with Gasteiger partial charge in [0.2, 0.25) is 5.88 Å². The van der Waals surface area contributed by atoms with E-state index in [2.05, 4.69) is 9.97 Å². The number of aromatic nitrogens is 4. The number of hydrogen-bond donors (Lipinski definition) is 4. The summed E-state index contributed by atoms with van der Waals surface area (Å²) < 4.78 is 13.7. The smallest absolute Gasteiger partial charge is 0.259 e. The monoisotopic (exact) mass is 685 g/mol. The van der Waals surface area contributed by atoms with Crippen LogP contribution in [-0.4, -0.2) is 57.6 Å². The number of nitrogens with zero attached hydrogens (tertiary/aromatic N) is 2. The molecule has 4 N–H and O–H groups in total. The summed E-state index contributed by atoms with van der Waals surface area (Å²) in [6, 6.07) is 19.6. The SMILES string of the molecule is COc1ccc(C(c2c([O-])n(-c3ccccc3C)c(=S)[nH]c2=O)c2c(O)n(-c3ccccc3C)c(=S)[nH]c2=O)cc1C[NH+]1CCOCC1. The van der Waals surface area contributed by atoms with Gasteiger partial charge in [0.25, 0.3) is 11.1 Å². The van der Waals surface area contributed by atoms with Crippen LogP contribution in [0.3, 0.4) is 0 Å². The van der Waals surface area contributed by atoms with Crippen LogP contribution in [-0.2, 0) is 11.3 Å². The number of morpholine rings is 1.